The SMILES string of the molecule is O=C(O)CCCNC(=O)/C=C/c1cc(Cl)ccc1Cl. The highest BCUT2D eigenvalue weighted by Crippen LogP contribution is 2.21. The predicted octanol–water partition coefficient (Wildman–Crippen LogP) is 2.99. The molecule has 0 heterocycles. The Morgan fingerprint density at radius 3 is 2.74 bits per heavy atom. The van der Waals surface area contributed by atoms with Crippen molar-refractivity contribution in [1.82, 2.24) is 5.32 Å². The number of halogens is 2. The molecular weight excluding hydrogens is 289 g/mol. The zero-order chi connectivity index (χ0) is 14.3. The minimum Gasteiger partial charge on any atom is -0.481 e. The highest BCUT2D eigenvalue weighted by molar-refractivity contribution is 6.34. The monoisotopic (exact) mass is 301 g/mol. The standard InChI is InChI=1S/C13H13Cl2NO3/c14-10-4-5-11(15)9(8-10)3-6-12(17)16-7-1-2-13(18)19/h3-6,8H,1-2,7H2,(H,16,17)(H,18,19)/b6-3+. The van der Waals surface area contributed by atoms with E-state index in [1.807, 2.05) is 0 Å². The molecule has 0 saturated carbocycles. The van der Waals surface area contributed by atoms with E-state index in [1.54, 1.807) is 24.3 Å². The molecule has 0 bridgehead atoms. The molecule has 1 rings (SSSR count). The predicted molar refractivity (Wildman–Crippen MR) is 75.4 cm³/mol. The van der Waals surface area contributed by atoms with Gasteiger partial charge >= 0.3 is 5.97 Å². The van der Waals surface area contributed by atoms with Crippen LogP contribution in [-0.4, -0.2) is 23.5 Å². The average molecular weight is 302 g/mol. The van der Waals surface area contributed by atoms with Crippen LogP contribution in [0.15, 0.2) is 24.3 Å². The second kappa shape index (κ2) is 7.81. The van der Waals surface area contributed by atoms with Gasteiger partial charge in [0.2, 0.25) is 5.91 Å². The molecule has 0 aromatic heterocycles. The van der Waals surface area contributed by atoms with Gasteiger partial charge in [-0.15, -0.1) is 0 Å². The molecule has 1 aromatic rings. The first-order valence-electron chi connectivity index (χ1n) is 5.62. The van der Waals surface area contributed by atoms with E-state index in [0.717, 1.165) is 0 Å². The van der Waals surface area contributed by atoms with Gasteiger partial charge in [0.1, 0.15) is 0 Å². The highest BCUT2D eigenvalue weighted by atomic mass is 35.5. The Morgan fingerprint density at radius 1 is 1.32 bits per heavy atom. The Balaban J connectivity index is 2.45. The largest absolute Gasteiger partial charge is 0.481 e. The molecule has 0 spiro atoms. The molecule has 0 aliphatic rings. The van der Waals surface area contributed by atoms with Crippen LogP contribution in [-0.2, 0) is 9.59 Å². The van der Waals surface area contributed by atoms with Crippen molar-refractivity contribution in [3.63, 3.8) is 0 Å². The van der Waals surface area contributed by atoms with Gasteiger partial charge in [0.15, 0.2) is 0 Å². The molecule has 19 heavy (non-hydrogen) atoms. The van der Waals surface area contributed by atoms with E-state index in [9.17, 15) is 9.59 Å². The lowest BCUT2D eigenvalue weighted by Gasteiger charge is -2.01. The van der Waals surface area contributed by atoms with Gasteiger partial charge in [-0.2, -0.15) is 0 Å². The lowest BCUT2D eigenvalue weighted by atomic mass is 10.2. The van der Waals surface area contributed by atoms with Gasteiger partial charge in [-0.1, -0.05) is 23.2 Å². The van der Waals surface area contributed by atoms with E-state index in [0.29, 0.717) is 28.6 Å². The van der Waals surface area contributed by atoms with Gasteiger partial charge in [0.05, 0.1) is 0 Å². The summed E-state index contributed by atoms with van der Waals surface area (Å²) in [4.78, 5) is 21.7. The van der Waals surface area contributed by atoms with Crippen LogP contribution in [0.3, 0.4) is 0 Å². The molecule has 6 heteroatoms. The smallest absolute Gasteiger partial charge is 0.303 e. The summed E-state index contributed by atoms with van der Waals surface area (Å²) >= 11 is 11.7. The van der Waals surface area contributed by atoms with E-state index >= 15 is 0 Å². The Bertz CT molecular complexity index is 501. The first-order valence-corrected chi connectivity index (χ1v) is 6.37. The Labute approximate surface area is 121 Å². The topological polar surface area (TPSA) is 66.4 Å². The van der Waals surface area contributed by atoms with Crippen molar-refractivity contribution < 1.29 is 14.7 Å². The summed E-state index contributed by atoms with van der Waals surface area (Å²) in [6.45, 7) is 0.318. The van der Waals surface area contributed by atoms with Crippen molar-refractivity contribution in [1.29, 1.82) is 0 Å². The Kier molecular flexibility index (Phi) is 6.39. The van der Waals surface area contributed by atoms with Gasteiger partial charge in [0, 0.05) is 29.1 Å². The zero-order valence-electron chi connectivity index (χ0n) is 10.0. The van der Waals surface area contributed by atoms with E-state index in [1.165, 1.54) is 6.08 Å². The number of carbonyl (C=O) groups excluding carboxylic acids is 1. The molecular formula is C13H13Cl2NO3. The van der Waals surface area contributed by atoms with Crippen molar-refractivity contribution in [2.75, 3.05) is 6.54 Å². The van der Waals surface area contributed by atoms with Gasteiger partial charge in [-0.25, -0.2) is 0 Å². The van der Waals surface area contributed by atoms with Crippen molar-refractivity contribution in [3.05, 3.63) is 39.9 Å². The fourth-order valence-corrected chi connectivity index (χ4v) is 1.68. The quantitative estimate of drug-likeness (QED) is 0.627. The number of carboxylic acid groups (broad SMARTS) is 1. The van der Waals surface area contributed by atoms with Crippen LogP contribution in [0, 0.1) is 0 Å². The molecule has 1 aromatic carbocycles. The van der Waals surface area contributed by atoms with Crippen LogP contribution in [0.4, 0.5) is 0 Å². The maximum Gasteiger partial charge on any atom is 0.303 e. The number of carboxylic acids is 1. The Hall–Kier alpha value is -1.52. The third-order valence-electron chi connectivity index (χ3n) is 2.24. The third kappa shape index (κ3) is 6.27. The van der Waals surface area contributed by atoms with Crippen molar-refractivity contribution >= 4 is 41.2 Å². The fraction of sp³-hybridized carbons (Fsp3) is 0.231. The van der Waals surface area contributed by atoms with E-state index in [2.05, 4.69) is 5.32 Å². The maximum absolute atomic E-state index is 11.4. The lowest BCUT2D eigenvalue weighted by Crippen LogP contribution is -2.22. The van der Waals surface area contributed by atoms with Crippen LogP contribution in [0.5, 0.6) is 0 Å². The Morgan fingerprint density at radius 2 is 2.05 bits per heavy atom. The number of hydrogen-bond acceptors (Lipinski definition) is 2. The van der Waals surface area contributed by atoms with Crippen LogP contribution >= 0.6 is 23.2 Å². The first kappa shape index (κ1) is 15.5. The normalized spacial score (nSPS) is 10.6. The molecule has 0 aliphatic heterocycles. The molecule has 102 valence electrons. The molecule has 0 atom stereocenters. The third-order valence-corrected chi connectivity index (χ3v) is 2.82. The van der Waals surface area contributed by atoms with Gasteiger partial charge < -0.3 is 10.4 Å². The molecule has 0 saturated heterocycles. The first-order chi connectivity index (χ1) is 8.99. The molecule has 0 fully saturated rings. The number of benzene rings is 1. The lowest BCUT2D eigenvalue weighted by molar-refractivity contribution is -0.137. The summed E-state index contributed by atoms with van der Waals surface area (Å²) in [7, 11) is 0. The van der Waals surface area contributed by atoms with Crippen molar-refractivity contribution in [2.24, 2.45) is 0 Å². The van der Waals surface area contributed by atoms with Crippen LogP contribution in [0.2, 0.25) is 10.0 Å². The van der Waals surface area contributed by atoms with Crippen LogP contribution in [0.25, 0.3) is 6.08 Å². The zero-order valence-corrected chi connectivity index (χ0v) is 11.5. The minimum atomic E-state index is -0.879. The van der Waals surface area contributed by atoms with Crippen LogP contribution in [0.1, 0.15) is 18.4 Å². The summed E-state index contributed by atoms with van der Waals surface area (Å²) in [6, 6.07) is 4.96. The molecule has 0 aliphatic carbocycles. The molecule has 0 unspecified atom stereocenters. The van der Waals surface area contributed by atoms with Crippen molar-refractivity contribution in [3.8, 4) is 0 Å². The summed E-state index contributed by atoms with van der Waals surface area (Å²) < 4.78 is 0. The van der Waals surface area contributed by atoms with Crippen LogP contribution < -0.4 is 5.32 Å². The van der Waals surface area contributed by atoms with Gasteiger partial charge in [0.25, 0.3) is 0 Å². The average Bonchev–Trinajstić information content (AvgIpc) is 2.35. The highest BCUT2D eigenvalue weighted by Gasteiger charge is 2.00. The summed E-state index contributed by atoms with van der Waals surface area (Å²) in [6.07, 6.45) is 3.32. The number of hydrogen-bond donors (Lipinski definition) is 2. The summed E-state index contributed by atoms with van der Waals surface area (Å²) in [5, 5.41) is 12.0. The molecule has 4 nitrogen and oxygen atoms in total. The summed E-state index contributed by atoms with van der Waals surface area (Å²) in [5.74, 6) is -1.18. The van der Waals surface area contributed by atoms with Crippen molar-refractivity contribution in [2.45, 2.75) is 12.8 Å². The minimum absolute atomic E-state index is 0.0319. The molecule has 0 radical (unpaired) electrons. The number of rotatable bonds is 6. The fourth-order valence-electron chi connectivity index (χ4n) is 1.32. The van der Waals surface area contributed by atoms with E-state index in [-0.39, 0.29) is 12.3 Å². The number of carbonyl (C=O) groups is 2. The molecule has 1 amide bonds. The van der Waals surface area contributed by atoms with E-state index < -0.39 is 5.97 Å². The maximum atomic E-state index is 11.4. The number of amides is 1. The number of nitrogens with one attached hydrogen (secondary N) is 1. The second-order valence-electron chi connectivity index (χ2n) is 3.79. The molecule has 2 N–H and O–H groups in total. The summed E-state index contributed by atoms with van der Waals surface area (Å²) in [5.41, 5.74) is 0.648. The van der Waals surface area contributed by atoms with E-state index in [4.69, 9.17) is 28.3 Å². The second-order valence-corrected chi connectivity index (χ2v) is 4.63. The van der Waals surface area contributed by atoms with Gasteiger partial charge in [-0.05, 0) is 36.3 Å². The van der Waals surface area contributed by atoms with Gasteiger partial charge in [-0.3, -0.25) is 9.59 Å². The number of aliphatic carboxylic acids is 1.